The molecule has 2 bridgehead atoms. The molecule has 13 unspecified atom stereocenters. The number of fused-ring (bicyclic) bond motifs is 2. The van der Waals surface area contributed by atoms with Gasteiger partial charge in [-0.25, -0.2) is 38.4 Å². The highest BCUT2D eigenvalue weighted by molar-refractivity contribution is 6.98. The molecule has 31 nitrogen and oxygen atoms in total. The molecular formula is C80H158O31Si14. The molecule has 0 aromatic heterocycles. The van der Waals surface area contributed by atoms with Crippen LogP contribution < -0.4 is 0 Å². The maximum Gasteiger partial charge on any atom is 0.472 e. The zero-order chi connectivity index (χ0) is 95.8. The number of hydrogen-bond donors (Lipinski definition) is 0. The predicted octanol–water partition coefficient (Wildman–Crippen LogP) is 18.7. The molecule has 0 radical (unpaired) electrons. The van der Waals surface area contributed by atoms with Gasteiger partial charge in [-0.3, -0.25) is 0 Å². The monoisotopic (exact) mass is 2010 g/mol. The molecule has 4 aliphatic rings. The Morgan fingerprint density at radius 1 is 0.256 bits per heavy atom. The lowest BCUT2D eigenvalue weighted by Crippen LogP contribution is -2.74. The molecule has 13 atom stereocenters. The number of carbonyl (C=O) groups is 8. The second kappa shape index (κ2) is 53.1. The molecule has 0 aromatic carbocycles. The summed E-state index contributed by atoms with van der Waals surface area (Å²) in [4.78, 5) is 93.2. The standard InChI is InChI=1S/C46H90O16Si8.C23H48O11Si6.2C5H8O2.CH4/c1-19-63(11)55-64(12,20-2)57-69(17,37-27-31-53-45(49)41(7)8)58-65(13,56-63)35-25-26-36-68(16)60-66(14,33-23-21-29-51-43(47)39(3)4)59-67(15,34-24-22-30-52-44(48)40(5)6)61-70(18,62-68)38-28-32-54-46(50)42(9)10;1-19(2)22(24)26-16-14-17-37(10)31-38(11,18-15-21(5)27-23(25)20(3)4)33-40(13)30-36(8,9)28-35(6,7)29-39(12,32-37)34-40;2*1-4(2)5(6)7-3;/h3,5,7,9,19-38H2,1-2,4,6,8,10-18H3;21H,1,3,14-18H2,2,4-13H3;2*1H2,2-3H3;1H4. The Hall–Kier alpha value is -3.88. The molecule has 0 aromatic rings. The lowest BCUT2D eigenvalue weighted by Gasteiger charge is -2.53. The Balaban J connectivity index is 0.00000232. The fourth-order valence-electron chi connectivity index (χ4n) is 14.0. The topological polar surface area (TPSA) is 349 Å². The zero-order valence-corrected chi connectivity index (χ0v) is 94.6. The molecule has 4 fully saturated rings. The van der Waals surface area contributed by atoms with Crippen LogP contribution in [0.2, 0.25) is 165 Å². The van der Waals surface area contributed by atoms with Crippen LogP contribution in [0.5, 0.6) is 0 Å². The van der Waals surface area contributed by atoms with E-state index in [9.17, 15) is 38.4 Å². The average Bonchev–Trinajstić information content (AvgIpc) is 0.741. The van der Waals surface area contributed by atoms with Gasteiger partial charge in [-0.2, -0.15) is 0 Å². The predicted molar refractivity (Wildman–Crippen MR) is 516 cm³/mol. The number of rotatable bonds is 41. The van der Waals surface area contributed by atoms with E-state index >= 15 is 0 Å². The summed E-state index contributed by atoms with van der Waals surface area (Å²) in [6.07, 6.45) is 5.92. The van der Waals surface area contributed by atoms with Crippen LogP contribution >= 0.6 is 0 Å². The zero-order valence-electron chi connectivity index (χ0n) is 80.6. The quantitative estimate of drug-likeness (QED) is 0.0180. The van der Waals surface area contributed by atoms with Crippen molar-refractivity contribution < 1.29 is 138 Å². The minimum absolute atomic E-state index is 0. The van der Waals surface area contributed by atoms with Crippen molar-refractivity contribution in [1.29, 1.82) is 0 Å². The van der Waals surface area contributed by atoms with Crippen molar-refractivity contribution >= 4 is 168 Å². The van der Waals surface area contributed by atoms with E-state index in [4.69, 9.17) is 90.1 Å². The minimum atomic E-state index is -3.38. The van der Waals surface area contributed by atoms with Gasteiger partial charge in [0.2, 0.25) is 0 Å². The van der Waals surface area contributed by atoms with Gasteiger partial charge in [-0.05, 0) is 266 Å². The van der Waals surface area contributed by atoms with Crippen molar-refractivity contribution in [2.75, 3.05) is 47.3 Å². The number of hydrogen-bond acceptors (Lipinski definition) is 31. The van der Waals surface area contributed by atoms with E-state index in [2.05, 4.69) is 128 Å². The van der Waals surface area contributed by atoms with Gasteiger partial charge in [-0.15, -0.1) is 0 Å². The summed E-state index contributed by atoms with van der Waals surface area (Å²) >= 11 is 0. The molecule has 720 valence electrons. The van der Waals surface area contributed by atoms with Crippen LogP contribution in [0.4, 0.5) is 0 Å². The molecule has 0 N–H and O–H groups in total. The number of esters is 8. The van der Waals surface area contributed by atoms with Crippen LogP contribution in [-0.2, 0) is 138 Å². The lowest BCUT2D eigenvalue weighted by atomic mass is 10.3. The Morgan fingerprint density at radius 3 is 0.680 bits per heavy atom. The van der Waals surface area contributed by atoms with Gasteiger partial charge in [0, 0.05) is 57.7 Å². The largest absolute Gasteiger partial charge is 0.472 e. The summed E-state index contributed by atoms with van der Waals surface area (Å²) in [5.74, 6) is -3.25. The normalized spacial score (nSPS) is 29.4. The molecule has 4 aliphatic heterocycles. The highest BCUT2D eigenvalue weighted by Gasteiger charge is 2.65. The maximum absolute atomic E-state index is 12.3. The van der Waals surface area contributed by atoms with Crippen molar-refractivity contribution in [3.8, 4) is 0 Å². The fraction of sp³-hybridized carbons (Fsp3) is 0.700. The maximum atomic E-state index is 12.3. The number of carbonyl (C=O) groups excluding carboxylic acids is 8. The second-order valence-corrected chi connectivity index (χ2v) is 84.6. The van der Waals surface area contributed by atoms with Crippen molar-refractivity contribution in [2.24, 2.45) is 0 Å². The van der Waals surface area contributed by atoms with Crippen LogP contribution in [0.1, 0.15) is 148 Å². The van der Waals surface area contributed by atoms with E-state index in [1.807, 2.05) is 59.3 Å². The van der Waals surface area contributed by atoms with E-state index in [1.54, 1.807) is 55.4 Å². The Bertz CT molecular complexity index is 3690. The molecule has 0 amide bonds. The van der Waals surface area contributed by atoms with Crippen LogP contribution in [0.25, 0.3) is 0 Å². The van der Waals surface area contributed by atoms with Crippen molar-refractivity contribution in [2.45, 2.75) is 319 Å². The average molecular weight is 2010 g/mol. The van der Waals surface area contributed by atoms with Crippen LogP contribution in [0.15, 0.2) is 97.2 Å². The van der Waals surface area contributed by atoms with E-state index in [0.29, 0.717) is 144 Å². The lowest BCUT2D eigenvalue weighted by molar-refractivity contribution is -0.144. The fourth-order valence-corrected chi connectivity index (χ4v) is 93.1. The first-order valence-corrected chi connectivity index (χ1v) is 78.0. The summed E-state index contributed by atoms with van der Waals surface area (Å²) in [6, 6.07) is 6.29. The van der Waals surface area contributed by atoms with E-state index < -0.39 is 156 Å². The number of methoxy groups -OCH3 is 2. The SMILES string of the molecule is C.C=C(C)C(=O)OC.C=C(C)C(=O)OC.C=C(C)C(=O)OCCCC[Si]1(C)O[Si](C)(CCCCOC(=O)C(=C)C)O[Si](C)(CCCOC(=O)C(=C)C)O[Si](C)(CCCC[Si]2(C)O[Si](C)(CC)O[Si](C)(CC)O[Si](C)(CCCOC(=O)C(=C)C)O2)O1.C=C(C)C(=O)OCCC[Si]1(C)O[Si](C)(CCC(C)OC(=O)C(=C)C)O[Si]2(C)O[Si](C)(C)O[Si](C)(C)O[Si](C)(O1)O2. The molecule has 4 rings (SSSR count). The van der Waals surface area contributed by atoms with Gasteiger partial charge in [0.25, 0.3) is 0 Å². The van der Waals surface area contributed by atoms with E-state index in [1.165, 1.54) is 14.2 Å². The molecule has 4 saturated heterocycles. The summed E-state index contributed by atoms with van der Waals surface area (Å²) in [5.41, 5.74) is 2.94. The molecular weight excluding hydrogens is 1850 g/mol. The van der Waals surface area contributed by atoms with Gasteiger partial charge in [0.05, 0.1) is 53.4 Å². The number of unbranched alkanes of at least 4 members (excludes halogenated alkanes) is 3. The third-order valence-corrected chi connectivity index (χ3v) is 83.1. The Morgan fingerprint density at radius 2 is 0.456 bits per heavy atom. The summed E-state index contributed by atoms with van der Waals surface area (Å²) in [5, 5.41) is 0. The molecule has 0 aliphatic carbocycles. The van der Waals surface area contributed by atoms with Crippen molar-refractivity contribution in [3.63, 3.8) is 0 Å². The van der Waals surface area contributed by atoms with Gasteiger partial charge in [0.15, 0.2) is 0 Å². The second-order valence-electron chi connectivity index (χ2n) is 35.2. The Labute approximate surface area is 764 Å². The van der Waals surface area contributed by atoms with Crippen molar-refractivity contribution in [1.82, 2.24) is 0 Å². The van der Waals surface area contributed by atoms with Crippen LogP contribution in [0.3, 0.4) is 0 Å². The van der Waals surface area contributed by atoms with Crippen LogP contribution in [-0.4, -0.2) is 221 Å². The van der Waals surface area contributed by atoms with Gasteiger partial charge >= 0.3 is 168 Å². The first-order valence-electron chi connectivity index (χ1n) is 42.6. The van der Waals surface area contributed by atoms with Gasteiger partial charge in [-0.1, -0.05) is 86.7 Å². The molecule has 0 saturated carbocycles. The first kappa shape index (κ1) is 121. The first-order chi connectivity index (χ1) is 56.7. The smallest absolute Gasteiger partial charge is 0.466 e. The molecule has 45 heteroatoms. The summed E-state index contributed by atoms with van der Waals surface area (Å²) in [6.45, 7) is 81.3. The summed E-state index contributed by atoms with van der Waals surface area (Å²) < 4.78 is 147. The van der Waals surface area contributed by atoms with E-state index in [0.717, 1.165) is 24.9 Å². The highest BCUT2D eigenvalue weighted by Crippen LogP contribution is 2.44. The summed E-state index contributed by atoms with van der Waals surface area (Å²) in [7, 11) is -39.1. The highest BCUT2D eigenvalue weighted by atomic mass is 28.6. The van der Waals surface area contributed by atoms with Gasteiger partial charge < -0.3 is 99.6 Å². The third-order valence-electron chi connectivity index (χ3n) is 19.2. The Kier molecular flexibility index (Phi) is 51.5. The third kappa shape index (κ3) is 46.9. The molecule has 4 heterocycles. The van der Waals surface area contributed by atoms with E-state index in [-0.39, 0.29) is 58.5 Å². The molecule has 0 spiro atoms. The van der Waals surface area contributed by atoms with Crippen molar-refractivity contribution in [3.05, 3.63) is 97.2 Å². The number of ether oxygens (including phenoxy) is 8. The minimum Gasteiger partial charge on any atom is -0.466 e. The van der Waals surface area contributed by atoms with Crippen LogP contribution in [0, 0.1) is 0 Å². The molecule has 125 heavy (non-hydrogen) atoms. The van der Waals surface area contributed by atoms with Gasteiger partial charge in [0.1, 0.15) is 0 Å².